The van der Waals surface area contributed by atoms with Gasteiger partial charge < -0.3 is 19.5 Å². The molecule has 5 heterocycles. The number of ketones is 1. The Kier molecular flexibility index (Phi) is 17.3. The van der Waals surface area contributed by atoms with Crippen LogP contribution in [-0.4, -0.2) is 92.6 Å². The third-order valence-electron chi connectivity index (χ3n) is 12.8. The van der Waals surface area contributed by atoms with Crippen LogP contribution in [0.1, 0.15) is 65.9 Å². The van der Waals surface area contributed by atoms with E-state index in [0.29, 0.717) is 37.6 Å². The summed E-state index contributed by atoms with van der Waals surface area (Å²) >= 11 is 0. The predicted octanol–water partition coefficient (Wildman–Crippen LogP) is 11.9. The summed E-state index contributed by atoms with van der Waals surface area (Å²) in [6, 6.07) is 28.9. The lowest BCUT2D eigenvalue weighted by Crippen LogP contribution is -2.45. The van der Waals surface area contributed by atoms with Gasteiger partial charge in [-0.25, -0.2) is 18.4 Å². The second-order valence-corrected chi connectivity index (χ2v) is 18.0. The molecule has 0 bridgehead atoms. The first-order valence-electron chi connectivity index (χ1n) is 24.4. The van der Waals surface area contributed by atoms with E-state index in [1.54, 1.807) is 58.9 Å². The fourth-order valence-electron chi connectivity index (χ4n) is 8.62. The third kappa shape index (κ3) is 14.0. The Morgan fingerprint density at radius 1 is 0.532 bits per heavy atom. The molecular weight excluding hydrogens is 1020 g/mol. The Morgan fingerprint density at radius 3 is 1.38 bits per heavy atom. The highest BCUT2D eigenvalue weighted by atomic mass is 19.4. The van der Waals surface area contributed by atoms with Gasteiger partial charge in [0, 0.05) is 84.6 Å². The molecule has 7 aromatic rings. The lowest BCUT2D eigenvalue weighted by Gasteiger charge is -2.33. The first-order valence-corrected chi connectivity index (χ1v) is 24.4. The standard InChI is InChI=1S/C28H26F4N4O3.C27H23F4N5O2/c29-24-16-21(25(37)17-34-26(38)28(30,31)32)4-5-22(24)18-36(27(39)35-14-2-1-3-15-35)23-8-6-19(7-9-23)20-10-12-33-13-11-20;28-23-16-20(24-33-34-25(38-24)27(29,30)31)4-5-21(23)17-36(26(37)35-14-2-1-3-15-35)22-8-6-18(7-9-22)19-10-12-32-13-11-19/h4-13,16H,1-3,14-15,17-18H2,(H,34,38);4-13,16H,1-3,14-15,17H2. The highest BCUT2D eigenvalue weighted by Crippen LogP contribution is 2.33. The maximum absolute atomic E-state index is 15.2. The monoisotopic (exact) mass is 1070 g/mol. The molecule has 400 valence electrons. The lowest BCUT2D eigenvalue weighted by atomic mass is 10.1. The van der Waals surface area contributed by atoms with Gasteiger partial charge in [0.2, 0.25) is 5.89 Å². The van der Waals surface area contributed by atoms with Crippen molar-refractivity contribution in [3.63, 3.8) is 0 Å². The van der Waals surface area contributed by atoms with Gasteiger partial charge in [-0.1, -0.05) is 42.5 Å². The zero-order valence-corrected chi connectivity index (χ0v) is 41.0. The topological polar surface area (TPSA) is 158 Å². The van der Waals surface area contributed by atoms with E-state index in [1.807, 2.05) is 48.5 Å². The van der Waals surface area contributed by atoms with Gasteiger partial charge in [0.05, 0.1) is 19.6 Å². The number of carbonyl (C=O) groups is 4. The van der Waals surface area contributed by atoms with Crippen LogP contribution in [-0.2, 0) is 24.1 Å². The number of Topliss-reactive ketones (excluding diaryl/α,β-unsaturated/α-hetero) is 1. The first kappa shape index (κ1) is 54.7. The van der Waals surface area contributed by atoms with E-state index in [1.165, 1.54) is 39.4 Å². The number of pyridine rings is 2. The average molecular weight is 1070 g/mol. The summed E-state index contributed by atoms with van der Waals surface area (Å²) in [5.74, 6) is -6.60. The van der Waals surface area contributed by atoms with E-state index in [0.717, 1.165) is 72.9 Å². The van der Waals surface area contributed by atoms with Gasteiger partial charge in [-0.3, -0.25) is 29.4 Å². The number of likely N-dealkylation sites (tertiary alicyclic amines) is 2. The molecule has 2 aliphatic heterocycles. The normalized spacial score (nSPS) is 13.8. The van der Waals surface area contributed by atoms with Crippen molar-refractivity contribution in [2.24, 2.45) is 0 Å². The molecule has 0 radical (unpaired) electrons. The second kappa shape index (κ2) is 24.4. The molecule has 5 amide bonds. The van der Waals surface area contributed by atoms with Gasteiger partial charge in [0.1, 0.15) is 11.6 Å². The van der Waals surface area contributed by atoms with Crippen molar-refractivity contribution in [2.45, 2.75) is 64.0 Å². The molecule has 2 saturated heterocycles. The number of rotatable bonds is 12. The molecule has 4 aromatic carbocycles. The molecule has 14 nitrogen and oxygen atoms in total. The summed E-state index contributed by atoms with van der Waals surface area (Å²) in [7, 11) is 0. The summed E-state index contributed by atoms with van der Waals surface area (Å²) in [6.45, 7) is 1.27. The largest absolute Gasteiger partial charge is 0.471 e. The molecule has 0 aliphatic carbocycles. The van der Waals surface area contributed by atoms with Crippen LogP contribution in [0.25, 0.3) is 33.7 Å². The number of nitrogens with zero attached hydrogens (tertiary/aromatic N) is 8. The Morgan fingerprint density at radius 2 is 0.961 bits per heavy atom. The van der Waals surface area contributed by atoms with E-state index in [-0.39, 0.29) is 47.4 Å². The van der Waals surface area contributed by atoms with Crippen LogP contribution >= 0.6 is 0 Å². The SMILES string of the molecule is O=C(CNC(=O)C(F)(F)F)c1ccc(CN(C(=O)N2CCCCC2)c2ccc(-c3ccncc3)cc2)c(F)c1.O=C(N1CCCCC1)N(Cc1ccc(-c2nnc(C(F)(F)F)o2)cc1F)c1ccc(-c2ccncc2)cc1. The Bertz CT molecular complexity index is 3150. The minimum Gasteiger partial charge on any atom is -0.413 e. The molecule has 0 saturated carbocycles. The van der Waals surface area contributed by atoms with Crippen LogP contribution < -0.4 is 15.1 Å². The maximum atomic E-state index is 15.2. The third-order valence-corrected chi connectivity index (χ3v) is 12.8. The van der Waals surface area contributed by atoms with Crippen molar-refractivity contribution < 1.29 is 58.7 Å². The van der Waals surface area contributed by atoms with Gasteiger partial charge in [-0.2, -0.15) is 26.3 Å². The van der Waals surface area contributed by atoms with Gasteiger partial charge in [-0.05, 0) is 128 Å². The fraction of sp³-hybridized carbons (Fsp3) is 0.273. The van der Waals surface area contributed by atoms with Crippen LogP contribution in [0.2, 0.25) is 0 Å². The number of hydrogen-bond acceptors (Lipinski definition) is 9. The molecule has 2 fully saturated rings. The van der Waals surface area contributed by atoms with Crippen molar-refractivity contribution in [3.05, 3.63) is 168 Å². The molecule has 3 aromatic heterocycles. The number of carbonyl (C=O) groups excluding carboxylic acids is 4. The molecule has 9 rings (SSSR count). The number of benzene rings is 4. The Labute approximate surface area is 436 Å². The number of aromatic nitrogens is 4. The van der Waals surface area contributed by atoms with E-state index in [4.69, 9.17) is 0 Å². The minimum atomic E-state index is -5.13. The van der Waals surface area contributed by atoms with E-state index >= 15 is 8.78 Å². The van der Waals surface area contributed by atoms with Gasteiger partial charge in [0.15, 0.2) is 5.78 Å². The molecule has 22 heteroatoms. The Balaban J connectivity index is 0.000000204. The molecule has 0 spiro atoms. The number of hydrogen-bond donors (Lipinski definition) is 1. The van der Waals surface area contributed by atoms with Crippen molar-refractivity contribution in [2.75, 3.05) is 42.5 Å². The minimum absolute atomic E-state index is 0.00450. The molecule has 1 N–H and O–H groups in total. The summed E-state index contributed by atoms with van der Waals surface area (Å²) in [4.78, 5) is 64.7. The zero-order valence-electron chi connectivity index (χ0n) is 41.0. The van der Waals surface area contributed by atoms with E-state index in [2.05, 4.69) is 24.6 Å². The molecule has 0 unspecified atom stereocenters. The van der Waals surface area contributed by atoms with Crippen LogP contribution in [0.4, 0.5) is 56.1 Å². The Hall–Kier alpha value is -8.56. The molecular formula is C55H49F8N9O5. The number of amides is 5. The van der Waals surface area contributed by atoms with Gasteiger partial charge in [-0.15, -0.1) is 10.2 Å². The highest BCUT2D eigenvalue weighted by Gasteiger charge is 2.39. The average Bonchev–Trinajstić information content (AvgIpc) is 3.98. The molecule has 0 atom stereocenters. The zero-order chi connectivity index (χ0) is 54.7. The number of halogens is 8. The summed E-state index contributed by atoms with van der Waals surface area (Å²) in [5, 5.41) is 7.84. The van der Waals surface area contributed by atoms with Crippen molar-refractivity contribution >= 4 is 35.1 Å². The maximum Gasteiger partial charge on any atom is 0.471 e. The fourth-order valence-corrected chi connectivity index (χ4v) is 8.62. The molecule has 2 aliphatic rings. The number of nitrogens with one attached hydrogen (secondary N) is 1. The number of alkyl halides is 6. The highest BCUT2D eigenvalue weighted by molar-refractivity contribution is 6.00. The smallest absolute Gasteiger partial charge is 0.413 e. The number of piperidine rings is 2. The summed E-state index contributed by atoms with van der Waals surface area (Å²) < 4.78 is 110. The van der Waals surface area contributed by atoms with Crippen LogP contribution in [0.5, 0.6) is 0 Å². The quantitative estimate of drug-likeness (QED) is 0.0929. The summed E-state index contributed by atoms with van der Waals surface area (Å²) in [6.07, 6.45) is 2.43. The second-order valence-electron chi connectivity index (χ2n) is 18.0. The van der Waals surface area contributed by atoms with Crippen LogP contribution in [0, 0.1) is 11.6 Å². The lowest BCUT2D eigenvalue weighted by molar-refractivity contribution is -0.173. The van der Waals surface area contributed by atoms with Crippen molar-refractivity contribution in [3.8, 4) is 33.7 Å². The van der Waals surface area contributed by atoms with Crippen LogP contribution in [0.3, 0.4) is 0 Å². The summed E-state index contributed by atoms with van der Waals surface area (Å²) in [5.41, 5.74) is 5.03. The molecule has 77 heavy (non-hydrogen) atoms. The first-order chi connectivity index (χ1) is 36.9. The van der Waals surface area contributed by atoms with Crippen molar-refractivity contribution in [1.82, 2.24) is 35.3 Å². The van der Waals surface area contributed by atoms with E-state index < -0.39 is 54.0 Å². The van der Waals surface area contributed by atoms with Crippen LogP contribution in [0.15, 0.2) is 138 Å². The predicted molar refractivity (Wildman–Crippen MR) is 268 cm³/mol. The van der Waals surface area contributed by atoms with Gasteiger partial charge >= 0.3 is 36.2 Å². The number of urea groups is 2. The van der Waals surface area contributed by atoms with E-state index in [9.17, 15) is 45.5 Å². The van der Waals surface area contributed by atoms with Crippen molar-refractivity contribution in [1.29, 1.82) is 0 Å². The number of anilines is 2. The van der Waals surface area contributed by atoms with Gasteiger partial charge in [0.25, 0.3) is 0 Å².